The van der Waals surface area contributed by atoms with Gasteiger partial charge in [-0.3, -0.25) is 4.79 Å². The lowest BCUT2D eigenvalue weighted by molar-refractivity contribution is -0.120. The molecule has 0 bridgehead atoms. The third-order valence-corrected chi connectivity index (χ3v) is 3.03. The minimum atomic E-state index is -0.0592. The molecular weight excluding hydrogens is 259 g/mol. The van der Waals surface area contributed by atoms with E-state index in [1.54, 1.807) is 18.2 Å². The van der Waals surface area contributed by atoms with Gasteiger partial charge >= 0.3 is 0 Å². The molecule has 0 fully saturated rings. The van der Waals surface area contributed by atoms with Crippen LogP contribution in [0.5, 0.6) is 0 Å². The van der Waals surface area contributed by atoms with Crippen molar-refractivity contribution < 1.29 is 4.79 Å². The van der Waals surface area contributed by atoms with Gasteiger partial charge in [-0.15, -0.1) is 0 Å². The lowest BCUT2D eigenvalue weighted by atomic mass is 10.1. The maximum absolute atomic E-state index is 11.6. The number of amides is 1. The Hall–Kier alpha value is -0.770. The fourth-order valence-electron chi connectivity index (χ4n) is 1.42. The largest absolute Gasteiger partial charge is 0.356 e. The molecule has 0 aliphatic rings. The first kappa shape index (κ1) is 14.3. The van der Waals surface area contributed by atoms with Gasteiger partial charge in [0.25, 0.3) is 0 Å². The average Bonchev–Trinajstić information content (AvgIpc) is 2.30. The number of hydrogen-bond acceptors (Lipinski definition) is 2. The van der Waals surface area contributed by atoms with Crippen molar-refractivity contribution in [1.82, 2.24) is 10.6 Å². The van der Waals surface area contributed by atoms with E-state index < -0.39 is 0 Å². The fourth-order valence-corrected chi connectivity index (χ4v) is 1.95. The van der Waals surface area contributed by atoms with Crippen molar-refractivity contribution in [2.24, 2.45) is 0 Å². The van der Waals surface area contributed by atoms with Crippen LogP contribution in [0.4, 0.5) is 0 Å². The van der Waals surface area contributed by atoms with Crippen molar-refractivity contribution in [3.05, 3.63) is 33.8 Å². The summed E-state index contributed by atoms with van der Waals surface area (Å²) in [6.45, 7) is 1.54. The molecule has 94 valence electrons. The molecule has 2 N–H and O–H groups in total. The molecule has 0 atom stereocenters. The molecule has 0 unspecified atom stereocenters. The maximum Gasteiger partial charge on any atom is 0.224 e. The summed E-state index contributed by atoms with van der Waals surface area (Å²) >= 11 is 12.0. The highest BCUT2D eigenvalue weighted by Crippen LogP contribution is 2.24. The highest BCUT2D eigenvalue weighted by Gasteiger charge is 2.09. The molecule has 0 spiro atoms. The first-order chi connectivity index (χ1) is 8.15. The van der Waals surface area contributed by atoms with Gasteiger partial charge in [0.05, 0.1) is 6.42 Å². The smallest absolute Gasteiger partial charge is 0.224 e. The molecular formula is C12H16Cl2N2O. The molecule has 5 heteroatoms. The molecule has 0 saturated heterocycles. The van der Waals surface area contributed by atoms with Crippen LogP contribution in [-0.4, -0.2) is 26.0 Å². The quantitative estimate of drug-likeness (QED) is 0.782. The topological polar surface area (TPSA) is 41.1 Å². The average molecular weight is 275 g/mol. The van der Waals surface area contributed by atoms with Crippen molar-refractivity contribution in [3.63, 3.8) is 0 Å². The highest BCUT2D eigenvalue weighted by molar-refractivity contribution is 6.36. The minimum absolute atomic E-state index is 0.0592. The summed E-state index contributed by atoms with van der Waals surface area (Å²) in [6, 6.07) is 5.23. The van der Waals surface area contributed by atoms with Crippen molar-refractivity contribution in [2.45, 2.75) is 12.8 Å². The molecule has 0 aliphatic carbocycles. The lowest BCUT2D eigenvalue weighted by Crippen LogP contribution is -2.28. The van der Waals surface area contributed by atoms with E-state index in [4.69, 9.17) is 23.2 Å². The number of carbonyl (C=O) groups excluding carboxylic acids is 1. The number of rotatable bonds is 6. The van der Waals surface area contributed by atoms with Gasteiger partial charge in [0.1, 0.15) is 0 Å². The van der Waals surface area contributed by atoms with Crippen molar-refractivity contribution in [3.8, 4) is 0 Å². The SMILES string of the molecule is CNCCCNC(=O)Cc1c(Cl)cccc1Cl. The Bertz CT molecular complexity index is 363. The van der Waals surface area contributed by atoms with Crippen LogP contribution in [0, 0.1) is 0 Å². The molecule has 17 heavy (non-hydrogen) atoms. The Morgan fingerprint density at radius 3 is 2.47 bits per heavy atom. The predicted molar refractivity (Wildman–Crippen MR) is 71.7 cm³/mol. The standard InChI is InChI=1S/C12H16Cl2N2O/c1-15-6-3-7-16-12(17)8-9-10(13)4-2-5-11(9)14/h2,4-5,15H,3,6-8H2,1H3,(H,16,17). The number of carbonyl (C=O) groups is 1. The molecule has 3 nitrogen and oxygen atoms in total. The first-order valence-corrected chi connectivity index (χ1v) is 6.25. The van der Waals surface area contributed by atoms with Gasteiger partial charge in [-0.25, -0.2) is 0 Å². The van der Waals surface area contributed by atoms with E-state index in [0.29, 0.717) is 22.2 Å². The molecule has 0 saturated carbocycles. The predicted octanol–water partition coefficient (Wildman–Crippen LogP) is 2.26. The lowest BCUT2D eigenvalue weighted by Gasteiger charge is -2.08. The van der Waals surface area contributed by atoms with E-state index in [0.717, 1.165) is 13.0 Å². The number of hydrogen-bond donors (Lipinski definition) is 2. The summed E-state index contributed by atoms with van der Waals surface area (Å²) in [5.41, 5.74) is 0.682. The minimum Gasteiger partial charge on any atom is -0.356 e. The Balaban J connectivity index is 2.45. The second kappa shape index (κ2) is 7.54. The van der Waals surface area contributed by atoms with Gasteiger partial charge in [0.15, 0.2) is 0 Å². The molecule has 0 radical (unpaired) electrons. The second-order valence-electron chi connectivity index (χ2n) is 3.68. The van der Waals surface area contributed by atoms with Crippen LogP contribution >= 0.6 is 23.2 Å². The Labute approximate surface area is 111 Å². The molecule has 0 aliphatic heterocycles. The summed E-state index contributed by atoms with van der Waals surface area (Å²) in [6.07, 6.45) is 1.12. The van der Waals surface area contributed by atoms with E-state index in [-0.39, 0.29) is 12.3 Å². The summed E-state index contributed by atoms with van der Waals surface area (Å²) in [4.78, 5) is 11.6. The molecule has 1 amide bonds. The van der Waals surface area contributed by atoms with Gasteiger partial charge < -0.3 is 10.6 Å². The highest BCUT2D eigenvalue weighted by atomic mass is 35.5. The zero-order chi connectivity index (χ0) is 12.7. The van der Waals surface area contributed by atoms with E-state index in [1.165, 1.54) is 0 Å². The zero-order valence-corrected chi connectivity index (χ0v) is 11.2. The summed E-state index contributed by atoms with van der Waals surface area (Å²) < 4.78 is 0. The van der Waals surface area contributed by atoms with E-state index >= 15 is 0 Å². The van der Waals surface area contributed by atoms with Crippen molar-refractivity contribution >= 4 is 29.1 Å². The number of nitrogens with one attached hydrogen (secondary N) is 2. The van der Waals surface area contributed by atoms with Crippen LogP contribution < -0.4 is 10.6 Å². The monoisotopic (exact) mass is 274 g/mol. The molecule has 0 heterocycles. The summed E-state index contributed by atoms with van der Waals surface area (Å²) in [5.74, 6) is -0.0592. The number of benzene rings is 1. The van der Waals surface area contributed by atoms with Crippen LogP contribution in [-0.2, 0) is 11.2 Å². The van der Waals surface area contributed by atoms with Crippen LogP contribution in [0.3, 0.4) is 0 Å². The van der Waals surface area contributed by atoms with Gasteiger partial charge in [0.2, 0.25) is 5.91 Å². The van der Waals surface area contributed by atoms with Crippen LogP contribution in [0.1, 0.15) is 12.0 Å². The van der Waals surface area contributed by atoms with Crippen LogP contribution in [0.2, 0.25) is 10.0 Å². The summed E-state index contributed by atoms with van der Waals surface area (Å²) in [7, 11) is 1.88. The van der Waals surface area contributed by atoms with Gasteiger partial charge in [-0.2, -0.15) is 0 Å². The van der Waals surface area contributed by atoms with E-state index in [9.17, 15) is 4.79 Å². The molecule has 1 aromatic rings. The van der Waals surface area contributed by atoms with Crippen LogP contribution in [0.25, 0.3) is 0 Å². The van der Waals surface area contributed by atoms with Gasteiger partial charge in [-0.05, 0) is 37.7 Å². The van der Waals surface area contributed by atoms with Gasteiger partial charge in [0, 0.05) is 16.6 Å². The van der Waals surface area contributed by atoms with Crippen molar-refractivity contribution in [1.29, 1.82) is 0 Å². The molecule has 1 aromatic carbocycles. The zero-order valence-electron chi connectivity index (χ0n) is 9.72. The van der Waals surface area contributed by atoms with Crippen LogP contribution in [0.15, 0.2) is 18.2 Å². The Morgan fingerprint density at radius 1 is 1.24 bits per heavy atom. The Kier molecular flexibility index (Phi) is 6.34. The molecule has 1 rings (SSSR count). The molecule has 0 aromatic heterocycles. The van der Waals surface area contributed by atoms with E-state index in [1.807, 2.05) is 7.05 Å². The Morgan fingerprint density at radius 2 is 1.88 bits per heavy atom. The maximum atomic E-state index is 11.6. The third kappa shape index (κ3) is 4.94. The van der Waals surface area contributed by atoms with Crippen molar-refractivity contribution in [2.75, 3.05) is 20.1 Å². The number of halogens is 2. The second-order valence-corrected chi connectivity index (χ2v) is 4.50. The third-order valence-electron chi connectivity index (χ3n) is 2.32. The fraction of sp³-hybridized carbons (Fsp3) is 0.417. The summed E-state index contributed by atoms with van der Waals surface area (Å²) in [5, 5.41) is 6.90. The first-order valence-electron chi connectivity index (χ1n) is 5.49. The normalized spacial score (nSPS) is 10.3. The van der Waals surface area contributed by atoms with E-state index in [2.05, 4.69) is 10.6 Å². The van der Waals surface area contributed by atoms with Gasteiger partial charge in [-0.1, -0.05) is 29.3 Å².